The van der Waals surface area contributed by atoms with Crippen LogP contribution in [-0.2, 0) is 11.3 Å². The lowest BCUT2D eigenvalue weighted by atomic mass is 10.2. The number of rotatable bonds is 5. The minimum absolute atomic E-state index is 0.0896. The van der Waals surface area contributed by atoms with Gasteiger partial charge in [-0.1, -0.05) is 72.8 Å². The molecule has 1 atom stereocenters. The maximum Gasteiger partial charge on any atom is 0.242 e. The summed E-state index contributed by atoms with van der Waals surface area (Å²) in [5.41, 5.74) is 1.98. The van der Waals surface area contributed by atoms with Crippen LogP contribution >= 0.6 is 23.4 Å². The van der Waals surface area contributed by atoms with Gasteiger partial charge in [0.1, 0.15) is 0 Å². The molecule has 3 rings (SSSR count). The van der Waals surface area contributed by atoms with Crippen LogP contribution in [0.4, 0.5) is 0 Å². The molecule has 0 aliphatic carbocycles. The van der Waals surface area contributed by atoms with Gasteiger partial charge in [-0.3, -0.25) is 9.69 Å². The SMILES string of the molecule is CCC1S/C(=N/N=C/c2ccc(Cl)cc2)N(Cc2ccccc2)C1=O. The molecule has 1 heterocycles. The molecule has 0 bridgehead atoms. The second-order valence-electron chi connectivity index (χ2n) is 5.60. The highest BCUT2D eigenvalue weighted by molar-refractivity contribution is 8.15. The largest absolute Gasteiger partial charge is 0.284 e. The normalized spacial score (nSPS) is 19.3. The van der Waals surface area contributed by atoms with Gasteiger partial charge in [-0.15, -0.1) is 5.10 Å². The summed E-state index contributed by atoms with van der Waals surface area (Å²) >= 11 is 7.35. The lowest BCUT2D eigenvalue weighted by Crippen LogP contribution is -2.31. The standard InChI is InChI=1S/C19H18ClN3OS/c1-2-17-18(24)23(13-15-6-4-3-5-7-15)19(25-17)22-21-12-14-8-10-16(20)11-9-14/h3-12,17H,2,13H2,1H3/b21-12+,22-19+. The highest BCUT2D eigenvalue weighted by Crippen LogP contribution is 2.30. The first kappa shape index (κ1) is 17.7. The smallest absolute Gasteiger partial charge is 0.242 e. The van der Waals surface area contributed by atoms with E-state index in [4.69, 9.17) is 11.6 Å². The topological polar surface area (TPSA) is 45.0 Å². The van der Waals surface area contributed by atoms with E-state index in [9.17, 15) is 4.79 Å². The van der Waals surface area contributed by atoms with Crippen molar-refractivity contribution in [2.45, 2.75) is 25.1 Å². The van der Waals surface area contributed by atoms with Crippen LogP contribution in [0.5, 0.6) is 0 Å². The lowest BCUT2D eigenvalue weighted by Gasteiger charge is -2.15. The Morgan fingerprint density at radius 3 is 2.56 bits per heavy atom. The van der Waals surface area contributed by atoms with Crippen molar-refractivity contribution in [3.05, 3.63) is 70.7 Å². The van der Waals surface area contributed by atoms with Crippen molar-refractivity contribution in [2.75, 3.05) is 0 Å². The van der Waals surface area contributed by atoms with E-state index in [2.05, 4.69) is 10.2 Å². The van der Waals surface area contributed by atoms with Crippen molar-refractivity contribution in [3.8, 4) is 0 Å². The zero-order chi connectivity index (χ0) is 17.6. The predicted molar refractivity (Wildman–Crippen MR) is 105 cm³/mol. The molecule has 1 unspecified atom stereocenters. The molecule has 1 amide bonds. The Hall–Kier alpha value is -2.11. The van der Waals surface area contributed by atoms with Gasteiger partial charge in [0.05, 0.1) is 18.0 Å². The van der Waals surface area contributed by atoms with Crippen LogP contribution in [0, 0.1) is 0 Å². The number of carbonyl (C=O) groups excluding carboxylic acids is 1. The molecular weight excluding hydrogens is 354 g/mol. The van der Waals surface area contributed by atoms with Crippen LogP contribution in [0.25, 0.3) is 0 Å². The minimum atomic E-state index is -0.0896. The molecule has 6 heteroatoms. The Bertz CT molecular complexity index is 790. The van der Waals surface area contributed by atoms with Gasteiger partial charge >= 0.3 is 0 Å². The average molecular weight is 372 g/mol. The van der Waals surface area contributed by atoms with Crippen molar-refractivity contribution >= 4 is 40.7 Å². The Labute approximate surface area is 156 Å². The molecule has 1 aliphatic rings. The van der Waals surface area contributed by atoms with Crippen LogP contribution in [0.15, 0.2) is 64.8 Å². The van der Waals surface area contributed by atoms with E-state index in [1.54, 1.807) is 23.2 Å². The number of nitrogens with zero attached hydrogens (tertiary/aromatic N) is 3. The van der Waals surface area contributed by atoms with Crippen LogP contribution in [0.2, 0.25) is 5.02 Å². The number of carbonyl (C=O) groups is 1. The van der Waals surface area contributed by atoms with Crippen molar-refractivity contribution < 1.29 is 4.79 Å². The molecule has 0 saturated carbocycles. The average Bonchev–Trinajstić information content (AvgIpc) is 2.93. The first-order chi connectivity index (χ1) is 12.2. The van der Waals surface area contributed by atoms with Crippen LogP contribution in [0.3, 0.4) is 0 Å². The van der Waals surface area contributed by atoms with Crippen LogP contribution in [-0.4, -0.2) is 27.4 Å². The van der Waals surface area contributed by atoms with E-state index in [0.29, 0.717) is 16.7 Å². The number of thioether (sulfide) groups is 1. The van der Waals surface area contributed by atoms with Crippen LogP contribution < -0.4 is 0 Å². The summed E-state index contributed by atoms with van der Waals surface area (Å²) in [5, 5.41) is 9.68. The lowest BCUT2D eigenvalue weighted by molar-refractivity contribution is -0.126. The van der Waals surface area contributed by atoms with Gasteiger partial charge in [-0.25, -0.2) is 0 Å². The monoisotopic (exact) mass is 371 g/mol. The summed E-state index contributed by atoms with van der Waals surface area (Å²) in [7, 11) is 0. The van der Waals surface area contributed by atoms with Crippen LogP contribution in [0.1, 0.15) is 24.5 Å². The van der Waals surface area contributed by atoms with Gasteiger partial charge in [0.15, 0.2) is 5.17 Å². The van der Waals surface area contributed by atoms with Gasteiger partial charge in [0, 0.05) is 5.02 Å². The third kappa shape index (κ3) is 4.50. The first-order valence-corrected chi connectivity index (χ1v) is 9.31. The quantitative estimate of drug-likeness (QED) is 0.570. The molecule has 2 aromatic rings. The molecule has 1 fully saturated rings. The van der Waals surface area contributed by atoms with E-state index in [-0.39, 0.29) is 11.2 Å². The fourth-order valence-corrected chi connectivity index (χ4v) is 3.60. The van der Waals surface area contributed by atoms with E-state index in [0.717, 1.165) is 17.5 Å². The molecule has 0 spiro atoms. The second-order valence-corrected chi connectivity index (χ2v) is 7.21. The highest BCUT2D eigenvalue weighted by atomic mass is 35.5. The summed E-state index contributed by atoms with van der Waals surface area (Å²) in [6, 6.07) is 17.3. The zero-order valence-corrected chi connectivity index (χ0v) is 15.4. The Morgan fingerprint density at radius 2 is 1.88 bits per heavy atom. The number of hydrogen-bond donors (Lipinski definition) is 0. The molecule has 1 saturated heterocycles. The Kier molecular flexibility index (Phi) is 5.89. The summed E-state index contributed by atoms with van der Waals surface area (Å²) in [4.78, 5) is 14.3. The van der Waals surface area contributed by atoms with Crippen molar-refractivity contribution in [1.29, 1.82) is 0 Å². The molecule has 0 N–H and O–H groups in total. The van der Waals surface area contributed by atoms with Gasteiger partial charge in [-0.05, 0) is 29.7 Å². The molecule has 1 aliphatic heterocycles. The summed E-state index contributed by atoms with van der Waals surface area (Å²) in [5.74, 6) is 0.0943. The minimum Gasteiger partial charge on any atom is -0.284 e. The van der Waals surface area contributed by atoms with Crippen molar-refractivity contribution in [1.82, 2.24) is 4.90 Å². The van der Waals surface area contributed by atoms with E-state index >= 15 is 0 Å². The Morgan fingerprint density at radius 1 is 1.16 bits per heavy atom. The maximum atomic E-state index is 12.6. The van der Waals surface area contributed by atoms with Gasteiger partial charge in [0.2, 0.25) is 5.91 Å². The number of hydrogen-bond acceptors (Lipinski definition) is 4. The highest BCUT2D eigenvalue weighted by Gasteiger charge is 2.36. The van der Waals surface area contributed by atoms with E-state index < -0.39 is 0 Å². The number of benzene rings is 2. The van der Waals surface area contributed by atoms with Gasteiger partial charge in [0.25, 0.3) is 0 Å². The number of amidine groups is 1. The molecule has 0 aromatic heterocycles. The second kappa shape index (κ2) is 8.32. The first-order valence-electron chi connectivity index (χ1n) is 8.06. The third-order valence-corrected chi connectivity index (χ3v) is 5.38. The van der Waals surface area contributed by atoms with Gasteiger partial charge < -0.3 is 0 Å². The molecule has 2 aromatic carbocycles. The number of amides is 1. The fraction of sp³-hybridized carbons (Fsp3) is 0.211. The molecule has 128 valence electrons. The van der Waals surface area contributed by atoms with Crippen molar-refractivity contribution in [3.63, 3.8) is 0 Å². The molecule has 4 nitrogen and oxygen atoms in total. The zero-order valence-electron chi connectivity index (χ0n) is 13.8. The van der Waals surface area contributed by atoms with Crippen molar-refractivity contribution in [2.24, 2.45) is 10.2 Å². The van der Waals surface area contributed by atoms with E-state index in [1.807, 2.05) is 49.4 Å². The molecular formula is C19H18ClN3OS. The Balaban J connectivity index is 1.78. The fourth-order valence-electron chi connectivity index (χ4n) is 2.45. The van der Waals surface area contributed by atoms with E-state index in [1.165, 1.54) is 11.8 Å². The molecule has 0 radical (unpaired) electrons. The summed E-state index contributed by atoms with van der Waals surface area (Å²) in [6.45, 7) is 2.52. The predicted octanol–water partition coefficient (Wildman–Crippen LogP) is 4.58. The van der Waals surface area contributed by atoms with Gasteiger partial charge in [-0.2, -0.15) is 5.10 Å². The maximum absolute atomic E-state index is 12.6. The summed E-state index contributed by atoms with van der Waals surface area (Å²) in [6.07, 6.45) is 2.43. The summed E-state index contributed by atoms with van der Waals surface area (Å²) < 4.78 is 0. The molecule has 25 heavy (non-hydrogen) atoms. The number of halogens is 1. The third-order valence-electron chi connectivity index (χ3n) is 3.79.